The molecule has 1 heterocycles. The Labute approximate surface area is 125 Å². The molecule has 0 unspecified atom stereocenters. The molecule has 2 aromatic rings. The fourth-order valence-corrected chi connectivity index (χ4v) is 2.41. The van der Waals surface area contributed by atoms with Crippen LogP contribution in [0.3, 0.4) is 0 Å². The van der Waals surface area contributed by atoms with Gasteiger partial charge in [-0.25, -0.2) is 5.48 Å². The monoisotopic (exact) mass is 296 g/mol. The molecule has 0 atom stereocenters. The van der Waals surface area contributed by atoms with Crippen molar-refractivity contribution in [3.05, 3.63) is 65.2 Å². The van der Waals surface area contributed by atoms with Crippen molar-refractivity contribution < 1.29 is 19.6 Å². The molecule has 3 rings (SSSR count). The summed E-state index contributed by atoms with van der Waals surface area (Å²) in [6, 6.07) is 13.3. The van der Waals surface area contributed by atoms with E-state index in [0.29, 0.717) is 16.8 Å². The number of carbonyl (C=O) groups is 3. The van der Waals surface area contributed by atoms with Gasteiger partial charge in [-0.05, 0) is 29.8 Å². The topological polar surface area (TPSA) is 86.7 Å². The van der Waals surface area contributed by atoms with Crippen LogP contribution in [0.25, 0.3) is 0 Å². The first-order valence-corrected chi connectivity index (χ1v) is 6.60. The minimum Gasteiger partial charge on any atom is -0.300 e. The highest BCUT2D eigenvalue weighted by atomic mass is 16.5. The van der Waals surface area contributed by atoms with Crippen molar-refractivity contribution in [2.24, 2.45) is 0 Å². The number of ketones is 1. The normalized spacial score (nSPS) is 13.2. The molecular formula is C16H12N2O4. The summed E-state index contributed by atoms with van der Waals surface area (Å²) in [7, 11) is 0. The number of hydrogen-bond acceptors (Lipinski definition) is 4. The third kappa shape index (κ3) is 2.25. The van der Waals surface area contributed by atoms with Gasteiger partial charge in [0, 0.05) is 5.56 Å². The molecule has 1 aliphatic heterocycles. The van der Waals surface area contributed by atoms with Crippen LogP contribution in [0.1, 0.15) is 26.3 Å². The van der Waals surface area contributed by atoms with Gasteiger partial charge in [0.15, 0.2) is 0 Å². The van der Waals surface area contributed by atoms with Crippen molar-refractivity contribution in [2.45, 2.75) is 6.54 Å². The number of nitrogens with zero attached hydrogens (tertiary/aromatic N) is 1. The summed E-state index contributed by atoms with van der Waals surface area (Å²) in [6.45, 7) is 0.239. The molecule has 0 radical (unpaired) electrons. The highest BCUT2D eigenvalue weighted by Gasteiger charge is 2.35. The molecule has 0 spiro atoms. The quantitative estimate of drug-likeness (QED) is 0.511. The van der Waals surface area contributed by atoms with E-state index >= 15 is 0 Å². The van der Waals surface area contributed by atoms with Gasteiger partial charge in [-0.2, -0.15) is 0 Å². The Hall–Kier alpha value is -2.99. The molecule has 0 aliphatic carbocycles. The molecule has 110 valence electrons. The fraction of sp³-hybridized carbons (Fsp3) is 0.0625. The molecule has 2 N–H and O–H groups in total. The van der Waals surface area contributed by atoms with E-state index in [9.17, 15) is 14.4 Å². The summed E-state index contributed by atoms with van der Waals surface area (Å²) in [5.74, 6) is -1.67. The molecule has 6 nitrogen and oxygen atoms in total. The number of para-hydroxylation sites is 1. The summed E-state index contributed by atoms with van der Waals surface area (Å²) in [6.07, 6.45) is 0. The van der Waals surface area contributed by atoms with Crippen molar-refractivity contribution in [1.29, 1.82) is 0 Å². The average molecular weight is 296 g/mol. The van der Waals surface area contributed by atoms with Gasteiger partial charge in [0.25, 0.3) is 17.6 Å². The number of hydrogen-bond donors (Lipinski definition) is 2. The second-order valence-corrected chi connectivity index (χ2v) is 4.88. The number of amides is 2. The summed E-state index contributed by atoms with van der Waals surface area (Å²) < 4.78 is 0. The van der Waals surface area contributed by atoms with Crippen LogP contribution >= 0.6 is 0 Å². The van der Waals surface area contributed by atoms with E-state index in [1.165, 1.54) is 17.0 Å². The second kappa shape index (κ2) is 5.42. The Kier molecular flexibility index (Phi) is 3.44. The predicted octanol–water partition coefficient (Wildman–Crippen LogP) is 1.54. The molecule has 22 heavy (non-hydrogen) atoms. The van der Waals surface area contributed by atoms with E-state index in [1.54, 1.807) is 41.9 Å². The van der Waals surface area contributed by atoms with Gasteiger partial charge in [0.1, 0.15) is 0 Å². The van der Waals surface area contributed by atoms with Crippen molar-refractivity contribution in [3.63, 3.8) is 0 Å². The van der Waals surface area contributed by atoms with Crippen LogP contribution in [-0.2, 0) is 11.3 Å². The SMILES string of the molecule is O=C(NO)c1ccc(CN2C(=O)C(=O)c3ccccc32)cc1. The molecule has 2 aromatic carbocycles. The fourth-order valence-electron chi connectivity index (χ4n) is 2.41. The predicted molar refractivity (Wildman–Crippen MR) is 77.7 cm³/mol. The van der Waals surface area contributed by atoms with Crippen LogP contribution in [0, 0.1) is 0 Å². The largest absolute Gasteiger partial charge is 0.300 e. The van der Waals surface area contributed by atoms with Crippen molar-refractivity contribution in [3.8, 4) is 0 Å². The van der Waals surface area contributed by atoms with Crippen LogP contribution in [-0.4, -0.2) is 22.8 Å². The van der Waals surface area contributed by atoms with E-state index in [-0.39, 0.29) is 6.54 Å². The van der Waals surface area contributed by atoms with Crippen LogP contribution in [0.4, 0.5) is 5.69 Å². The zero-order valence-corrected chi connectivity index (χ0v) is 11.4. The first kappa shape index (κ1) is 14.0. The Morgan fingerprint density at radius 2 is 1.73 bits per heavy atom. The van der Waals surface area contributed by atoms with Gasteiger partial charge < -0.3 is 4.90 Å². The van der Waals surface area contributed by atoms with Crippen molar-refractivity contribution >= 4 is 23.3 Å². The number of rotatable bonds is 3. The molecule has 0 saturated carbocycles. The molecule has 1 aliphatic rings. The highest BCUT2D eigenvalue weighted by molar-refractivity contribution is 6.52. The Morgan fingerprint density at radius 1 is 1.05 bits per heavy atom. The summed E-state index contributed by atoms with van der Waals surface area (Å²) in [5, 5.41) is 8.57. The number of fused-ring (bicyclic) bond motifs is 1. The van der Waals surface area contributed by atoms with Crippen LogP contribution in [0.2, 0.25) is 0 Å². The lowest BCUT2D eigenvalue weighted by Gasteiger charge is -2.16. The lowest BCUT2D eigenvalue weighted by atomic mass is 10.1. The number of Topliss-reactive ketones (excluding diaryl/α,β-unsaturated/α-hetero) is 1. The third-order valence-electron chi connectivity index (χ3n) is 3.54. The Bertz CT molecular complexity index is 768. The summed E-state index contributed by atoms with van der Waals surface area (Å²) in [4.78, 5) is 36.6. The maximum atomic E-state index is 12.1. The maximum absolute atomic E-state index is 12.1. The molecule has 0 aromatic heterocycles. The number of nitrogens with one attached hydrogen (secondary N) is 1. The van der Waals surface area contributed by atoms with Crippen LogP contribution in [0.15, 0.2) is 48.5 Å². The van der Waals surface area contributed by atoms with E-state index in [4.69, 9.17) is 5.21 Å². The van der Waals surface area contributed by atoms with Crippen molar-refractivity contribution in [2.75, 3.05) is 4.90 Å². The van der Waals surface area contributed by atoms with Crippen LogP contribution < -0.4 is 10.4 Å². The third-order valence-corrected chi connectivity index (χ3v) is 3.54. The molecule has 0 fully saturated rings. The zero-order valence-electron chi connectivity index (χ0n) is 11.4. The van der Waals surface area contributed by atoms with E-state index in [0.717, 1.165) is 5.56 Å². The van der Waals surface area contributed by atoms with Gasteiger partial charge in [-0.15, -0.1) is 0 Å². The number of anilines is 1. The molecular weight excluding hydrogens is 284 g/mol. The van der Waals surface area contributed by atoms with Crippen molar-refractivity contribution in [1.82, 2.24) is 5.48 Å². The molecule has 2 amide bonds. The standard InChI is InChI=1S/C16H12N2O4/c19-14-12-3-1-2-4-13(12)18(16(14)21)9-10-5-7-11(8-6-10)15(20)17-22/h1-8,22H,9H2,(H,17,20). The van der Waals surface area contributed by atoms with Gasteiger partial charge in [0.2, 0.25) is 0 Å². The zero-order chi connectivity index (χ0) is 15.7. The Morgan fingerprint density at radius 3 is 2.41 bits per heavy atom. The van der Waals surface area contributed by atoms with Gasteiger partial charge in [0.05, 0.1) is 17.8 Å². The number of benzene rings is 2. The van der Waals surface area contributed by atoms with E-state index in [1.807, 2.05) is 0 Å². The minimum atomic E-state index is -0.607. The number of carbonyl (C=O) groups excluding carboxylic acids is 3. The first-order valence-electron chi connectivity index (χ1n) is 6.60. The highest BCUT2D eigenvalue weighted by Crippen LogP contribution is 2.29. The average Bonchev–Trinajstić information content (AvgIpc) is 2.80. The second-order valence-electron chi connectivity index (χ2n) is 4.88. The van der Waals surface area contributed by atoms with Gasteiger partial charge in [-0.3, -0.25) is 19.6 Å². The Balaban J connectivity index is 1.86. The first-order chi connectivity index (χ1) is 10.6. The maximum Gasteiger partial charge on any atom is 0.299 e. The van der Waals surface area contributed by atoms with Gasteiger partial charge >= 0.3 is 0 Å². The van der Waals surface area contributed by atoms with E-state index < -0.39 is 17.6 Å². The minimum absolute atomic E-state index is 0.239. The molecule has 0 saturated heterocycles. The molecule has 6 heteroatoms. The van der Waals surface area contributed by atoms with Gasteiger partial charge in [-0.1, -0.05) is 24.3 Å². The lowest BCUT2D eigenvalue weighted by molar-refractivity contribution is -0.114. The summed E-state index contributed by atoms with van der Waals surface area (Å²) >= 11 is 0. The number of hydroxylamine groups is 1. The van der Waals surface area contributed by atoms with Crippen LogP contribution in [0.5, 0.6) is 0 Å². The smallest absolute Gasteiger partial charge is 0.299 e. The summed E-state index contributed by atoms with van der Waals surface area (Å²) in [5.41, 5.74) is 3.62. The van der Waals surface area contributed by atoms with E-state index in [2.05, 4.69) is 0 Å². The molecule has 0 bridgehead atoms. The lowest BCUT2D eigenvalue weighted by Crippen LogP contribution is -2.29.